The molecule has 0 unspecified atom stereocenters. The first-order chi connectivity index (χ1) is 20.8. The Labute approximate surface area is 265 Å². The summed E-state index contributed by atoms with van der Waals surface area (Å²) in [4.78, 5) is 0.541. The van der Waals surface area contributed by atoms with Gasteiger partial charge in [-0.25, -0.2) is 8.42 Å². The molecule has 0 N–H and O–H groups in total. The summed E-state index contributed by atoms with van der Waals surface area (Å²) in [5, 5.41) is 0. The molecule has 4 aromatic rings. The fourth-order valence-electron chi connectivity index (χ4n) is 5.38. The van der Waals surface area contributed by atoms with E-state index < -0.39 is 9.84 Å². The third-order valence-electron chi connectivity index (χ3n) is 9.80. The summed E-state index contributed by atoms with van der Waals surface area (Å²) in [6.45, 7) is 17.4. The van der Waals surface area contributed by atoms with Crippen molar-refractivity contribution in [2.75, 3.05) is 0 Å². The van der Waals surface area contributed by atoms with E-state index in [0.29, 0.717) is 16.4 Å². The highest BCUT2D eigenvalue weighted by atomic mass is 32.2. The molecule has 0 bridgehead atoms. The number of ether oxygens (including phenoxy) is 2. The van der Waals surface area contributed by atoms with E-state index in [9.17, 15) is 8.42 Å². The molecule has 0 aliphatic heterocycles. The summed E-state index contributed by atoms with van der Waals surface area (Å²) in [5.41, 5.74) is 3.20. The SMILES string of the molecule is CCC(C)(CC)Oc1ccc(C(C)(C)c2ccc(Oc3ccc(S(=O)(=O)c4ccc(C(C)(CC)CC)cc4)cc3)cc2)cc1. The molecule has 234 valence electrons. The Morgan fingerprint density at radius 2 is 0.864 bits per heavy atom. The van der Waals surface area contributed by atoms with E-state index in [-0.39, 0.29) is 21.3 Å². The fraction of sp³-hybridized carbons (Fsp3) is 0.385. The van der Waals surface area contributed by atoms with Gasteiger partial charge in [0.05, 0.1) is 9.79 Å². The molecule has 0 heterocycles. The van der Waals surface area contributed by atoms with Gasteiger partial charge in [-0.15, -0.1) is 0 Å². The highest BCUT2D eigenvalue weighted by molar-refractivity contribution is 7.91. The molecule has 4 nitrogen and oxygen atoms in total. The summed E-state index contributed by atoms with van der Waals surface area (Å²) in [5.74, 6) is 2.16. The van der Waals surface area contributed by atoms with Gasteiger partial charge >= 0.3 is 0 Å². The Hall–Kier alpha value is -3.57. The lowest BCUT2D eigenvalue weighted by molar-refractivity contribution is 0.0802. The van der Waals surface area contributed by atoms with Crippen molar-refractivity contribution in [2.45, 2.75) is 107 Å². The van der Waals surface area contributed by atoms with Gasteiger partial charge in [0, 0.05) is 5.41 Å². The summed E-state index contributed by atoms with van der Waals surface area (Å²) in [7, 11) is -3.63. The zero-order valence-electron chi connectivity index (χ0n) is 27.6. The summed E-state index contributed by atoms with van der Waals surface area (Å²) in [6, 6.07) is 30.4. The first-order valence-electron chi connectivity index (χ1n) is 15.8. The van der Waals surface area contributed by atoms with Crippen LogP contribution in [0.4, 0.5) is 0 Å². The molecule has 0 amide bonds. The van der Waals surface area contributed by atoms with Gasteiger partial charge in [0.25, 0.3) is 0 Å². The third-order valence-corrected chi connectivity index (χ3v) is 11.6. The average molecular weight is 613 g/mol. The average Bonchev–Trinajstić information content (AvgIpc) is 3.05. The minimum atomic E-state index is -3.63. The van der Waals surface area contributed by atoms with Crippen LogP contribution in [-0.4, -0.2) is 14.0 Å². The lowest BCUT2D eigenvalue weighted by Gasteiger charge is -2.30. The lowest BCUT2D eigenvalue weighted by Crippen LogP contribution is -2.30. The van der Waals surface area contributed by atoms with Crippen LogP contribution < -0.4 is 9.47 Å². The molecule has 0 saturated carbocycles. The maximum Gasteiger partial charge on any atom is 0.206 e. The molecule has 5 heteroatoms. The Morgan fingerprint density at radius 3 is 1.27 bits per heavy atom. The van der Waals surface area contributed by atoms with E-state index in [1.165, 1.54) is 5.56 Å². The summed E-state index contributed by atoms with van der Waals surface area (Å²) < 4.78 is 39.0. The highest BCUT2D eigenvalue weighted by Gasteiger charge is 2.26. The second-order valence-corrected chi connectivity index (χ2v) is 14.8. The van der Waals surface area contributed by atoms with E-state index in [4.69, 9.17) is 9.47 Å². The van der Waals surface area contributed by atoms with Crippen LogP contribution in [0.3, 0.4) is 0 Å². The van der Waals surface area contributed by atoms with Crippen molar-refractivity contribution in [1.29, 1.82) is 0 Å². The van der Waals surface area contributed by atoms with Gasteiger partial charge in [0.15, 0.2) is 0 Å². The topological polar surface area (TPSA) is 52.6 Å². The predicted molar refractivity (Wildman–Crippen MR) is 181 cm³/mol. The van der Waals surface area contributed by atoms with Crippen LogP contribution in [0, 0.1) is 0 Å². The van der Waals surface area contributed by atoms with Gasteiger partial charge < -0.3 is 9.47 Å². The van der Waals surface area contributed by atoms with Crippen LogP contribution in [0.2, 0.25) is 0 Å². The lowest BCUT2D eigenvalue weighted by atomic mass is 9.78. The third kappa shape index (κ3) is 7.04. The summed E-state index contributed by atoms with van der Waals surface area (Å²) in [6.07, 6.45) is 3.92. The first-order valence-corrected chi connectivity index (χ1v) is 17.3. The molecule has 0 aliphatic carbocycles. The Balaban J connectivity index is 1.44. The van der Waals surface area contributed by atoms with Gasteiger partial charge in [0.2, 0.25) is 9.84 Å². The highest BCUT2D eigenvalue weighted by Crippen LogP contribution is 2.36. The minimum absolute atomic E-state index is 0.0431. The first kappa shape index (κ1) is 33.3. The molecule has 0 spiro atoms. The van der Waals surface area contributed by atoms with Crippen LogP contribution in [0.25, 0.3) is 0 Å². The second kappa shape index (κ2) is 13.2. The predicted octanol–water partition coefficient (Wildman–Crippen LogP) is 10.7. The molecule has 0 aliphatic rings. The Bertz CT molecular complexity index is 1610. The minimum Gasteiger partial charge on any atom is -0.488 e. The fourth-order valence-corrected chi connectivity index (χ4v) is 6.64. The molecule has 0 atom stereocenters. The monoisotopic (exact) mass is 612 g/mol. The van der Waals surface area contributed by atoms with Crippen molar-refractivity contribution in [3.8, 4) is 17.2 Å². The van der Waals surface area contributed by atoms with Crippen molar-refractivity contribution in [3.05, 3.63) is 114 Å². The van der Waals surface area contributed by atoms with Crippen molar-refractivity contribution >= 4 is 9.84 Å². The maximum atomic E-state index is 13.3. The van der Waals surface area contributed by atoms with E-state index in [2.05, 4.69) is 91.8 Å². The Morgan fingerprint density at radius 1 is 0.500 bits per heavy atom. The van der Waals surface area contributed by atoms with E-state index in [1.54, 1.807) is 36.4 Å². The van der Waals surface area contributed by atoms with Crippen molar-refractivity contribution in [3.63, 3.8) is 0 Å². The maximum absolute atomic E-state index is 13.3. The van der Waals surface area contributed by atoms with Gasteiger partial charge in [0.1, 0.15) is 22.8 Å². The molecule has 0 aromatic heterocycles. The molecule has 0 radical (unpaired) electrons. The quantitative estimate of drug-likeness (QED) is 0.151. The van der Waals surface area contributed by atoms with Crippen LogP contribution >= 0.6 is 0 Å². The number of sulfone groups is 1. The largest absolute Gasteiger partial charge is 0.488 e. The van der Waals surface area contributed by atoms with Crippen LogP contribution in [-0.2, 0) is 20.7 Å². The van der Waals surface area contributed by atoms with Gasteiger partial charge in [-0.1, -0.05) is 84.9 Å². The molecular weight excluding hydrogens is 564 g/mol. The number of rotatable bonds is 13. The van der Waals surface area contributed by atoms with Crippen molar-refractivity contribution in [2.24, 2.45) is 0 Å². The molecule has 0 fully saturated rings. The van der Waals surface area contributed by atoms with Crippen LogP contribution in [0.15, 0.2) is 107 Å². The zero-order valence-corrected chi connectivity index (χ0v) is 28.4. The number of hydrogen-bond acceptors (Lipinski definition) is 4. The van der Waals surface area contributed by atoms with E-state index in [0.717, 1.165) is 42.6 Å². The summed E-state index contributed by atoms with van der Waals surface area (Å²) >= 11 is 0. The normalized spacial score (nSPS) is 12.6. The van der Waals surface area contributed by atoms with Gasteiger partial charge in [-0.3, -0.25) is 0 Å². The van der Waals surface area contributed by atoms with Gasteiger partial charge in [-0.2, -0.15) is 0 Å². The molecule has 4 aromatic carbocycles. The molecule has 44 heavy (non-hydrogen) atoms. The zero-order chi connectivity index (χ0) is 32.2. The van der Waals surface area contributed by atoms with E-state index >= 15 is 0 Å². The van der Waals surface area contributed by atoms with E-state index in [1.807, 2.05) is 24.3 Å². The standard InChI is InChI=1S/C39H48O4S/c1-9-38(7,10-2)31-17-25-35(26-18-31)44(40,41)36-27-23-33(24-28-36)42-32-19-13-29(14-20-32)37(5,6)30-15-21-34(22-16-30)43-39(8,11-3)12-4/h13-28H,9-12H2,1-8H3. The number of benzene rings is 4. The van der Waals surface area contributed by atoms with Crippen molar-refractivity contribution in [1.82, 2.24) is 0 Å². The number of hydrogen-bond donors (Lipinski definition) is 0. The van der Waals surface area contributed by atoms with Crippen LogP contribution in [0.5, 0.6) is 17.2 Å². The van der Waals surface area contributed by atoms with Gasteiger partial charge in [-0.05, 0) is 115 Å². The molecular formula is C39H48O4S. The van der Waals surface area contributed by atoms with Crippen molar-refractivity contribution < 1.29 is 17.9 Å². The molecule has 4 rings (SSSR count). The Kier molecular flexibility index (Phi) is 9.99. The van der Waals surface area contributed by atoms with Crippen LogP contribution in [0.1, 0.15) is 97.8 Å². The second-order valence-electron chi connectivity index (χ2n) is 12.8. The molecule has 0 saturated heterocycles. The smallest absolute Gasteiger partial charge is 0.206 e.